The molecular weight excluding hydrogens is 158 g/mol. The first kappa shape index (κ1) is 11.0. The van der Waals surface area contributed by atoms with Crippen molar-refractivity contribution in [2.75, 3.05) is 0 Å². The van der Waals surface area contributed by atoms with E-state index in [-0.39, 0.29) is 0 Å². The fraction of sp³-hybridized carbons (Fsp3) is 1.00. The van der Waals surface area contributed by atoms with Gasteiger partial charge in [0.15, 0.2) is 0 Å². The number of hydrogen-bond donors (Lipinski definition) is 1. The molecule has 0 spiro atoms. The van der Waals surface area contributed by atoms with Gasteiger partial charge in [-0.3, -0.25) is 0 Å². The Balaban J connectivity index is 2.29. The Labute approximate surface area is 83.1 Å². The molecule has 1 aliphatic carbocycles. The molecule has 13 heavy (non-hydrogen) atoms. The maximum absolute atomic E-state index is 6.02. The molecule has 0 heterocycles. The molecule has 1 nitrogen and oxygen atoms in total. The monoisotopic (exact) mass is 183 g/mol. The zero-order valence-corrected chi connectivity index (χ0v) is 9.42. The minimum Gasteiger partial charge on any atom is -0.327 e. The molecule has 2 N–H and O–H groups in total. The summed E-state index contributed by atoms with van der Waals surface area (Å²) in [4.78, 5) is 0. The zero-order valence-electron chi connectivity index (χ0n) is 9.42. The summed E-state index contributed by atoms with van der Waals surface area (Å²) >= 11 is 0. The van der Waals surface area contributed by atoms with Crippen LogP contribution in [0.4, 0.5) is 0 Å². The average Bonchev–Trinajstić information content (AvgIpc) is 2.37. The van der Waals surface area contributed by atoms with E-state index in [0.29, 0.717) is 6.04 Å². The maximum Gasteiger partial charge on any atom is 0.00672 e. The van der Waals surface area contributed by atoms with Crippen molar-refractivity contribution in [2.24, 2.45) is 23.5 Å². The van der Waals surface area contributed by atoms with Gasteiger partial charge in [-0.05, 0) is 37.0 Å². The van der Waals surface area contributed by atoms with Crippen LogP contribution >= 0.6 is 0 Å². The van der Waals surface area contributed by atoms with Crippen LogP contribution in [0.2, 0.25) is 0 Å². The third kappa shape index (κ3) is 2.98. The topological polar surface area (TPSA) is 26.0 Å². The van der Waals surface area contributed by atoms with Crippen LogP contribution in [-0.4, -0.2) is 6.04 Å². The fourth-order valence-corrected chi connectivity index (χ4v) is 2.74. The van der Waals surface area contributed by atoms with Gasteiger partial charge in [0.1, 0.15) is 0 Å². The van der Waals surface area contributed by atoms with Gasteiger partial charge in [-0.25, -0.2) is 0 Å². The second kappa shape index (κ2) is 4.99. The summed E-state index contributed by atoms with van der Waals surface area (Å²) < 4.78 is 0. The van der Waals surface area contributed by atoms with Gasteiger partial charge < -0.3 is 5.73 Å². The van der Waals surface area contributed by atoms with E-state index in [9.17, 15) is 0 Å². The van der Waals surface area contributed by atoms with E-state index in [1.807, 2.05) is 0 Å². The lowest BCUT2D eigenvalue weighted by Gasteiger charge is -2.21. The SMILES string of the molecule is CCCC(C)CC1CCC(N)C1C. The molecule has 1 fully saturated rings. The minimum atomic E-state index is 0.485. The lowest BCUT2D eigenvalue weighted by atomic mass is 9.86. The second-order valence-electron chi connectivity index (χ2n) is 4.99. The molecule has 0 aliphatic heterocycles. The third-order valence-electron chi connectivity index (χ3n) is 3.78. The number of hydrogen-bond acceptors (Lipinski definition) is 1. The smallest absolute Gasteiger partial charge is 0.00672 e. The minimum absolute atomic E-state index is 0.485. The molecule has 0 aromatic carbocycles. The van der Waals surface area contributed by atoms with Crippen molar-refractivity contribution in [3.63, 3.8) is 0 Å². The molecule has 1 heteroatoms. The Bertz CT molecular complexity index is 144. The lowest BCUT2D eigenvalue weighted by Crippen LogP contribution is -2.25. The van der Waals surface area contributed by atoms with Crippen molar-refractivity contribution in [3.05, 3.63) is 0 Å². The predicted molar refractivity (Wildman–Crippen MR) is 58.6 cm³/mol. The molecule has 0 aromatic heterocycles. The summed E-state index contributed by atoms with van der Waals surface area (Å²) in [5.41, 5.74) is 6.02. The summed E-state index contributed by atoms with van der Waals surface area (Å²) in [5.74, 6) is 2.58. The average molecular weight is 183 g/mol. The molecular formula is C12H25N. The summed E-state index contributed by atoms with van der Waals surface area (Å²) in [6.07, 6.45) is 6.75. The van der Waals surface area contributed by atoms with Crippen LogP contribution in [-0.2, 0) is 0 Å². The summed E-state index contributed by atoms with van der Waals surface area (Å²) in [6, 6.07) is 0.485. The normalized spacial score (nSPS) is 36.5. The Morgan fingerprint density at radius 1 is 1.38 bits per heavy atom. The molecule has 0 bridgehead atoms. The van der Waals surface area contributed by atoms with E-state index >= 15 is 0 Å². The number of rotatable bonds is 4. The Kier molecular flexibility index (Phi) is 4.24. The first-order chi connectivity index (χ1) is 6.15. The first-order valence-corrected chi connectivity index (χ1v) is 5.90. The molecule has 0 aromatic rings. The van der Waals surface area contributed by atoms with E-state index in [1.54, 1.807) is 0 Å². The molecule has 1 saturated carbocycles. The zero-order chi connectivity index (χ0) is 9.84. The summed E-state index contributed by atoms with van der Waals surface area (Å²) in [5, 5.41) is 0. The van der Waals surface area contributed by atoms with Crippen molar-refractivity contribution in [1.82, 2.24) is 0 Å². The van der Waals surface area contributed by atoms with Gasteiger partial charge in [0.2, 0.25) is 0 Å². The van der Waals surface area contributed by atoms with Crippen LogP contribution in [0.1, 0.15) is 52.9 Å². The molecule has 0 saturated heterocycles. The standard InChI is InChI=1S/C12H25N/c1-4-5-9(2)8-11-6-7-12(13)10(11)3/h9-12H,4-8,13H2,1-3H3. The van der Waals surface area contributed by atoms with E-state index in [1.165, 1.54) is 32.1 Å². The van der Waals surface area contributed by atoms with Crippen LogP contribution in [0.25, 0.3) is 0 Å². The highest BCUT2D eigenvalue weighted by molar-refractivity contribution is 4.85. The van der Waals surface area contributed by atoms with E-state index < -0.39 is 0 Å². The highest BCUT2D eigenvalue weighted by Crippen LogP contribution is 2.35. The van der Waals surface area contributed by atoms with Crippen LogP contribution in [0, 0.1) is 17.8 Å². The van der Waals surface area contributed by atoms with Crippen molar-refractivity contribution in [1.29, 1.82) is 0 Å². The van der Waals surface area contributed by atoms with Crippen LogP contribution < -0.4 is 5.73 Å². The van der Waals surface area contributed by atoms with Crippen LogP contribution in [0.5, 0.6) is 0 Å². The predicted octanol–water partition coefficient (Wildman–Crippen LogP) is 3.19. The molecule has 0 radical (unpaired) electrons. The van der Waals surface area contributed by atoms with E-state index in [4.69, 9.17) is 5.73 Å². The molecule has 0 amide bonds. The van der Waals surface area contributed by atoms with Crippen molar-refractivity contribution >= 4 is 0 Å². The lowest BCUT2D eigenvalue weighted by molar-refractivity contribution is 0.308. The third-order valence-corrected chi connectivity index (χ3v) is 3.78. The molecule has 4 atom stereocenters. The molecule has 1 aliphatic rings. The molecule has 4 unspecified atom stereocenters. The van der Waals surface area contributed by atoms with Crippen LogP contribution in [0.3, 0.4) is 0 Å². The van der Waals surface area contributed by atoms with Crippen molar-refractivity contribution < 1.29 is 0 Å². The van der Waals surface area contributed by atoms with Crippen molar-refractivity contribution in [3.8, 4) is 0 Å². The molecule has 1 rings (SSSR count). The van der Waals surface area contributed by atoms with Gasteiger partial charge in [-0.15, -0.1) is 0 Å². The van der Waals surface area contributed by atoms with E-state index in [2.05, 4.69) is 20.8 Å². The molecule has 78 valence electrons. The van der Waals surface area contributed by atoms with Gasteiger partial charge in [-0.1, -0.05) is 33.6 Å². The second-order valence-corrected chi connectivity index (χ2v) is 4.99. The highest BCUT2D eigenvalue weighted by Gasteiger charge is 2.30. The highest BCUT2D eigenvalue weighted by atomic mass is 14.7. The van der Waals surface area contributed by atoms with Gasteiger partial charge >= 0.3 is 0 Å². The Morgan fingerprint density at radius 3 is 2.54 bits per heavy atom. The van der Waals surface area contributed by atoms with E-state index in [0.717, 1.165) is 17.8 Å². The Morgan fingerprint density at radius 2 is 2.08 bits per heavy atom. The summed E-state index contributed by atoms with van der Waals surface area (Å²) in [6.45, 7) is 7.00. The van der Waals surface area contributed by atoms with Crippen LogP contribution in [0.15, 0.2) is 0 Å². The van der Waals surface area contributed by atoms with Gasteiger partial charge in [0, 0.05) is 6.04 Å². The quantitative estimate of drug-likeness (QED) is 0.711. The van der Waals surface area contributed by atoms with Gasteiger partial charge in [0.25, 0.3) is 0 Å². The number of nitrogens with two attached hydrogens (primary N) is 1. The largest absolute Gasteiger partial charge is 0.327 e. The first-order valence-electron chi connectivity index (χ1n) is 5.90. The fourth-order valence-electron chi connectivity index (χ4n) is 2.74. The van der Waals surface area contributed by atoms with Crippen molar-refractivity contribution in [2.45, 2.75) is 58.9 Å². The summed E-state index contributed by atoms with van der Waals surface area (Å²) in [7, 11) is 0. The van der Waals surface area contributed by atoms with Gasteiger partial charge in [-0.2, -0.15) is 0 Å². The maximum atomic E-state index is 6.02. The Hall–Kier alpha value is -0.0400. The van der Waals surface area contributed by atoms with Gasteiger partial charge in [0.05, 0.1) is 0 Å².